The summed E-state index contributed by atoms with van der Waals surface area (Å²) in [5.41, 5.74) is 5.72. The fourth-order valence-corrected chi connectivity index (χ4v) is 1.86. The molecule has 0 aliphatic carbocycles. The summed E-state index contributed by atoms with van der Waals surface area (Å²) in [6, 6.07) is 2.35. The molecular weight excluding hydrogens is 253 g/mol. The molecule has 0 aromatic carbocycles. The predicted octanol–water partition coefficient (Wildman–Crippen LogP) is 1.09. The van der Waals surface area contributed by atoms with Gasteiger partial charge in [-0.3, -0.25) is 4.79 Å². The van der Waals surface area contributed by atoms with Crippen LogP contribution in [0.25, 0.3) is 5.57 Å². The molecule has 1 aromatic rings. The van der Waals surface area contributed by atoms with Gasteiger partial charge >= 0.3 is 6.09 Å². The lowest BCUT2D eigenvalue weighted by Gasteiger charge is -2.23. The number of aromatic nitrogens is 1. The molecule has 19 heavy (non-hydrogen) atoms. The van der Waals surface area contributed by atoms with E-state index in [1.165, 1.54) is 11.0 Å². The molecule has 0 radical (unpaired) electrons. The second-order valence-corrected chi connectivity index (χ2v) is 4.10. The van der Waals surface area contributed by atoms with E-state index in [0.29, 0.717) is 12.0 Å². The van der Waals surface area contributed by atoms with E-state index in [1.54, 1.807) is 6.08 Å². The summed E-state index contributed by atoms with van der Waals surface area (Å²) < 4.78 is 13.7. The Labute approximate surface area is 108 Å². The van der Waals surface area contributed by atoms with E-state index in [2.05, 4.69) is 4.98 Å². The fourth-order valence-electron chi connectivity index (χ4n) is 1.86. The summed E-state index contributed by atoms with van der Waals surface area (Å²) in [5.74, 6) is -1.29. The molecule has 0 saturated carbocycles. The average Bonchev–Trinajstić information content (AvgIpc) is 2.39. The number of amides is 2. The first kappa shape index (κ1) is 13.0. The number of nitrogens with zero attached hydrogens (tertiary/aromatic N) is 2. The molecule has 2 amide bonds. The van der Waals surface area contributed by atoms with Crippen LogP contribution >= 0.6 is 0 Å². The normalized spacial score (nSPS) is 15.0. The topological polar surface area (TPSA) is 96.5 Å². The standard InChI is InChI=1S/C12H12FN3O3/c13-8-1-2-9(11(14)17)15-10(8)7-3-5-16(6-4-7)12(18)19/h1-3H,4-6H2,(H2,14,17)(H,18,19). The van der Waals surface area contributed by atoms with Crippen LogP contribution in [0.5, 0.6) is 0 Å². The van der Waals surface area contributed by atoms with Crippen LogP contribution in [0, 0.1) is 5.82 Å². The Hall–Kier alpha value is -2.44. The number of carbonyl (C=O) groups is 2. The summed E-state index contributed by atoms with van der Waals surface area (Å²) in [5, 5.41) is 8.81. The lowest BCUT2D eigenvalue weighted by atomic mass is 10.0. The molecule has 1 aromatic heterocycles. The second kappa shape index (κ2) is 5.05. The number of nitrogens with two attached hydrogens (primary N) is 1. The highest BCUT2D eigenvalue weighted by Crippen LogP contribution is 2.23. The lowest BCUT2D eigenvalue weighted by molar-refractivity contribution is 0.0995. The molecule has 0 atom stereocenters. The smallest absolute Gasteiger partial charge is 0.407 e. The highest BCUT2D eigenvalue weighted by atomic mass is 19.1. The summed E-state index contributed by atoms with van der Waals surface area (Å²) in [7, 11) is 0. The van der Waals surface area contributed by atoms with Gasteiger partial charge in [0.2, 0.25) is 0 Å². The third-order valence-corrected chi connectivity index (χ3v) is 2.88. The molecule has 0 spiro atoms. The molecule has 100 valence electrons. The maximum Gasteiger partial charge on any atom is 0.407 e. The van der Waals surface area contributed by atoms with Crippen molar-refractivity contribution in [2.45, 2.75) is 6.42 Å². The molecule has 2 rings (SSSR count). The Bertz CT molecular complexity index is 571. The van der Waals surface area contributed by atoms with E-state index in [4.69, 9.17) is 10.8 Å². The number of hydrogen-bond acceptors (Lipinski definition) is 3. The lowest BCUT2D eigenvalue weighted by Crippen LogP contribution is -2.33. The Morgan fingerprint density at radius 2 is 2.16 bits per heavy atom. The van der Waals surface area contributed by atoms with E-state index in [-0.39, 0.29) is 24.5 Å². The molecule has 1 aliphatic heterocycles. The minimum atomic E-state index is -1.02. The van der Waals surface area contributed by atoms with Crippen molar-refractivity contribution in [2.24, 2.45) is 5.73 Å². The van der Waals surface area contributed by atoms with E-state index in [1.807, 2.05) is 0 Å². The summed E-state index contributed by atoms with van der Waals surface area (Å²) in [6.07, 6.45) is 0.918. The quantitative estimate of drug-likeness (QED) is 0.836. The maximum absolute atomic E-state index is 13.7. The number of carbonyl (C=O) groups excluding carboxylic acids is 1. The van der Waals surface area contributed by atoms with Crippen molar-refractivity contribution in [3.63, 3.8) is 0 Å². The number of hydrogen-bond donors (Lipinski definition) is 2. The number of pyridine rings is 1. The first-order chi connectivity index (χ1) is 8.99. The average molecular weight is 265 g/mol. The maximum atomic E-state index is 13.7. The van der Waals surface area contributed by atoms with Gasteiger partial charge in [-0.1, -0.05) is 6.08 Å². The van der Waals surface area contributed by atoms with Crippen LogP contribution in [0.3, 0.4) is 0 Å². The summed E-state index contributed by atoms with van der Waals surface area (Å²) in [6.45, 7) is 0.440. The van der Waals surface area contributed by atoms with Crippen LogP contribution < -0.4 is 5.73 Å². The molecule has 0 unspecified atom stereocenters. The van der Waals surface area contributed by atoms with Crippen LogP contribution in [0.15, 0.2) is 18.2 Å². The predicted molar refractivity (Wildman–Crippen MR) is 64.9 cm³/mol. The first-order valence-electron chi connectivity index (χ1n) is 5.62. The van der Waals surface area contributed by atoms with Crippen LogP contribution in [-0.2, 0) is 0 Å². The zero-order chi connectivity index (χ0) is 14.0. The Morgan fingerprint density at radius 3 is 2.68 bits per heavy atom. The van der Waals surface area contributed by atoms with Gasteiger partial charge in [0.05, 0.1) is 0 Å². The molecule has 0 saturated heterocycles. The van der Waals surface area contributed by atoms with Gasteiger partial charge in [-0.2, -0.15) is 0 Å². The molecule has 1 aliphatic rings. The van der Waals surface area contributed by atoms with Crippen molar-refractivity contribution < 1.29 is 19.1 Å². The Kier molecular flexibility index (Phi) is 3.46. The van der Waals surface area contributed by atoms with Gasteiger partial charge in [-0.25, -0.2) is 14.2 Å². The van der Waals surface area contributed by atoms with E-state index < -0.39 is 17.8 Å². The molecule has 2 heterocycles. The zero-order valence-electron chi connectivity index (χ0n) is 9.97. The number of carboxylic acid groups (broad SMARTS) is 1. The van der Waals surface area contributed by atoms with Crippen molar-refractivity contribution in [3.8, 4) is 0 Å². The van der Waals surface area contributed by atoms with Crippen LogP contribution in [0.2, 0.25) is 0 Å². The third-order valence-electron chi connectivity index (χ3n) is 2.88. The minimum absolute atomic E-state index is 0.0158. The third kappa shape index (κ3) is 2.70. The zero-order valence-corrected chi connectivity index (χ0v) is 9.97. The van der Waals surface area contributed by atoms with Crippen LogP contribution in [-0.4, -0.2) is 40.1 Å². The summed E-state index contributed by atoms with van der Waals surface area (Å²) in [4.78, 5) is 26.9. The van der Waals surface area contributed by atoms with Gasteiger partial charge in [-0.15, -0.1) is 0 Å². The van der Waals surface area contributed by atoms with Gasteiger partial charge in [0.1, 0.15) is 17.2 Å². The van der Waals surface area contributed by atoms with Gasteiger partial charge in [0.15, 0.2) is 0 Å². The van der Waals surface area contributed by atoms with Crippen molar-refractivity contribution in [1.29, 1.82) is 0 Å². The summed E-state index contributed by atoms with van der Waals surface area (Å²) >= 11 is 0. The minimum Gasteiger partial charge on any atom is -0.465 e. The van der Waals surface area contributed by atoms with Gasteiger partial charge in [-0.05, 0) is 24.1 Å². The Balaban J connectivity index is 2.30. The van der Waals surface area contributed by atoms with E-state index in [0.717, 1.165) is 6.07 Å². The number of primary amides is 1. The number of rotatable bonds is 2. The van der Waals surface area contributed by atoms with Crippen LogP contribution in [0.4, 0.5) is 9.18 Å². The highest BCUT2D eigenvalue weighted by molar-refractivity contribution is 5.91. The molecule has 7 heteroatoms. The monoisotopic (exact) mass is 265 g/mol. The van der Waals surface area contributed by atoms with Crippen molar-refractivity contribution in [2.75, 3.05) is 13.1 Å². The fraction of sp³-hybridized carbons (Fsp3) is 0.250. The molecule has 0 fully saturated rings. The van der Waals surface area contributed by atoms with Crippen molar-refractivity contribution in [3.05, 3.63) is 35.4 Å². The largest absolute Gasteiger partial charge is 0.465 e. The van der Waals surface area contributed by atoms with Gasteiger partial charge in [0.25, 0.3) is 5.91 Å². The van der Waals surface area contributed by atoms with Gasteiger partial charge < -0.3 is 15.7 Å². The molecule has 0 bridgehead atoms. The van der Waals surface area contributed by atoms with Gasteiger partial charge in [0, 0.05) is 13.1 Å². The molecule has 6 nitrogen and oxygen atoms in total. The SMILES string of the molecule is NC(=O)c1ccc(F)c(C2=CCN(C(=O)O)CC2)n1. The van der Waals surface area contributed by atoms with Crippen molar-refractivity contribution >= 4 is 17.6 Å². The van der Waals surface area contributed by atoms with E-state index in [9.17, 15) is 14.0 Å². The second-order valence-electron chi connectivity index (χ2n) is 4.10. The van der Waals surface area contributed by atoms with E-state index >= 15 is 0 Å². The molecular formula is C12H12FN3O3. The highest BCUT2D eigenvalue weighted by Gasteiger charge is 2.20. The molecule has 3 N–H and O–H groups in total. The van der Waals surface area contributed by atoms with Crippen LogP contribution in [0.1, 0.15) is 22.6 Å². The van der Waals surface area contributed by atoms with Crippen molar-refractivity contribution in [1.82, 2.24) is 9.88 Å². The first-order valence-corrected chi connectivity index (χ1v) is 5.62. The Morgan fingerprint density at radius 1 is 1.42 bits per heavy atom. The number of halogens is 1.